The smallest absolute Gasteiger partial charge is 0.230 e. The molecule has 1 aromatic heterocycles. The first-order chi connectivity index (χ1) is 9.61. The van der Waals surface area contributed by atoms with Gasteiger partial charge in [0.05, 0.1) is 5.41 Å². The quantitative estimate of drug-likeness (QED) is 0.893. The average molecular weight is 294 g/mol. The molecule has 2 heterocycles. The molecule has 20 heavy (non-hydrogen) atoms. The Morgan fingerprint density at radius 3 is 2.75 bits per heavy atom. The van der Waals surface area contributed by atoms with Gasteiger partial charge in [0, 0.05) is 43.8 Å². The van der Waals surface area contributed by atoms with E-state index in [1.165, 1.54) is 0 Å². The van der Waals surface area contributed by atoms with Crippen molar-refractivity contribution < 1.29 is 4.79 Å². The Bertz CT molecular complexity index is 470. The number of thiazole rings is 1. The summed E-state index contributed by atoms with van der Waals surface area (Å²) in [7, 11) is 0. The standard InChI is InChI=1S/C14H22N4OS/c1-14(4-2-3-11(14)15)12(19)17-6-8-18(9-7-17)13-16-5-10-20-13/h5,10-11H,2-4,6-9,15H2,1H3. The second kappa shape index (κ2) is 5.33. The third-order valence-corrected chi connectivity index (χ3v) is 5.61. The van der Waals surface area contributed by atoms with E-state index in [1.54, 1.807) is 11.3 Å². The van der Waals surface area contributed by atoms with Gasteiger partial charge in [-0.05, 0) is 19.8 Å². The Hall–Kier alpha value is -1.14. The van der Waals surface area contributed by atoms with Crippen LogP contribution in [0.3, 0.4) is 0 Å². The molecule has 1 aliphatic carbocycles. The molecule has 6 heteroatoms. The van der Waals surface area contributed by atoms with Crippen molar-refractivity contribution in [1.29, 1.82) is 0 Å². The van der Waals surface area contributed by atoms with Gasteiger partial charge in [0.25, 0.3) is 0 Å². The molecule has 5 nitrogen and oxygen atoms in total. The zero-order valence-corrected chi connectivity index (χ0v) is 12.7. The number of carbonyl (C=O) groups excluding carboxylic acids is 1. The van der Waals surface area contributed by atoms with Crippen molar-refractivity contribution in [3.05, 3.63) is 11.6 Å². The van der Waals surface area contributed by atoms with E-state index >= 15 is 0 Å². The minimum Gasteiger partial charge on any atom is -0.345 e. The molecular formula is C14H22N4OS. The summed E-state index contributed by atoms with van der Waals surface area (Å²) in [4.78, 5) is 21.3. The van der Waals surface area contributed by atoms with E-state index in [4.69, 9.17) is 5.73 Å². The van der Waals surface area contributed by atoms with Gasteiger partial charge in [-0.1, -0.05) is 6.42 Å². The topological polar surface area (TPSA) is 62.5 Å². The molecule has 2 fully saturated rings. The summed E-state index contributed by atoms with van der Waals surface area (Å²) in [5.41, 5.74) is 5.82. The van der Waals surface area contributed by atoms with E-state index in [-0.39, 0.29) is 17.4 Å². The number of carbonyl (C=O) groups is 1. The monoisotopic (exact) mass is 294 g/mol. The van der Waals surface area contributed by atoms with Crippen molar-refractivity contribution >= 4 is 22.4 Å². The fourth-order valence-corrected chi connectivity index (χ4v) is 3.99. The van der Waals surface area contributed by atoms with E-state index in [1.807, 2.05) is 23.4 Å². The largest absolute Gasteiger partial charge is 0.345 e. The number of aromatic nitrogens is 1. The van der Waals surface area contributed by atoms with E-state index < -0.39 is 0 Å². The summed E-state index contributed by atoms with van der Waals surface area (Å²) in [6.07, 6.45) is 4.81. The number of hydrogen-bond acceptors (Lipinski definition) is 5. The highest BCUT2D eigenvalue weighted by Crippen LogP contribution is 2.38. The van der Waals surface area contributed by atoms with Crippen LogP contribution in [0.1, 0.15) is 26.2 Å². The number of piperazine rings is 1. The Balaban J connectivity index is 1.62. The number of nitrogens with two attached hydrogens (primary N) is 1. The predicted octanol–water partition coefficient (Wildman–Crippen LogP) is 1.31. The van der Waals surface area contributed by atoms with Crippen LogP contribution in [0.5, 0.6) is 0 Å². The highest BCUT2D eigenvalue weighted by atomic mass is 32.1. The second-order valence-electron chi connectivity index (χ2n) is 6.01. The highest BCUT2D eigenvalue weighted by molar-refractivity contribution is 7.13. The molecule has 2 N–H and O–H groups in total. The zero-order valence-electron chi connectivity index (χ0n) is 11.9. The zero-order chi connectivity index (χ0) is 14.2. The Morgan fingerprint density at radius 1 is 1.45 bits per heavy atom. The van der Waals surface area contributed by atoms with Crippen LogP contribution >= 0.6 is 11.3 Å². The Morgan fingerprint density at radius 2 is 2.20 bits per heavy atom. The number of rotatable bonds is 2. The van der Waals surface area contributed by atoms with Crippen LogP contribution in [-0.4, -0.2) is 48.0 Å². The lowest BCUT2D eigenvalue weighted by atomic mass is 9.83. The Kier molecular flexibility index (Phi) is 3.69. The molecule has 0 spiro atoms. The molecule has 2 aliphatic rings. The van der Waals surface area contributed by atoms with E-state index in [0.29, 0.717) is 0 Å². The molecule has 2 unspecified atom stereocenters. The molecule has 1 aliphatic heterocycles. The maximum atomic E-state index is 12.7. The minimum atomic E-state index is -0.344. The molecule has 2 atom stereocenters. The van der Waals surface area contributed by atoms with Gasteiger partial charge < -0.3 is 15.5 Å². The third kappa shape index (κ3) is 2.31. The van der Waals surface area contributed by atoms with E-state index in [2.05, 4.69) is 9.88 Å². The molecule has 1 saturated heterocycles. The van der Waals surface area contributed by atoms with Gasteiger partial charge in [0.1, 0.15) is 0 Å². The summed E-state index contributed by atoms with van der Waals surface area (Å²) < 4.78 is 0. The Labute approximate surface area is 123 Å². The second-order valence-corrected chi connectivity index (χ2v) is 6.88. The van der Waals surface area contributed by atoms with Crippen LogP contribution < -0.4 is 10.6 Å². The molecule has 1 aromatic rings. The third-order valence-electron chi connectivity index (χ3n) is 4.77. The minimum absolute atomic E-state index is 0.0204. The molecule has 1 saturated carbocycles. The van der Waals surface area contributed by atoms with Crippen molar-refractivity contribution in [2.75, 3.05) is 31.1 Å². The summed E-state index contributed by atoms with van der Waals surface area (Å²) in [5, 5.41) is 3.05. The van der Waals surface area contributed by atoms with Crippen molar-refractivity contribution in [3.8, 4) is 0 Å². The summed E-state index contributed by atoms with van der Waals surface area (Å²) in [5.74, 6) is 0.251. The molecule has 0 aromatic carbocycles. The van der Waals surface area contributed by atoms with Crippen molar-refractivity contribution in [1.82, 2.24) is 9.88 Å². The first-order valence-corrected chi connectivity index (χ1v) is 8.18. The number of nitrogens with zero attached hydrogens (tertiary/aromatic N) is 3. The van der Waals surface area contributed by atoms with Gasteiger partial charge in [-0.2, -0.15) is 0 Å². The van der Waals surface area contributed by atoms with Crippen LogP contribution in [-0.2, 0) is 4.79 Å². The van der Waals surface area contributed by atoms with Crippen LogP contribution in [0.15, 0.2) is 11.6 Å². The SMILES string of the molecule is CC1(C(=O)N2CCN(c3nccs3)CC2)CCCC1N. The summed E-state index contributed by atoms with van der Waals surface area (Å²) in [6.45, 7) is 5.33. The fraction of sp³-hybridized carbons (Fsp3) is 0.714. The van der Waals surface area contributed by atoms with Crippen LogP contribution in [0.4, 0.5) is 5.13 Å². The fourth-order valence-electron chi connectivity index (χ4n) is 3.29. The number of hydrogen-bond donors (Lipinski definition) is 1. The molecule has 1 amide bonds. The van der Waals surface area contributed by atoms with Gasteiger partial charge in [0.2, 0.25) is 5.91 Å². The van der Waals surface area contributed by atoms with Crippen molar-refractivity contribution in [2.24, 2.45) is 11.1 Å². The molecule has 0 bridgehead atoms. The van der Waals surface area contributed by atoms with Gasteiger partial charge in [-0.15, -0.1) is 11.3 Å². The summed E-state index contributed by atoms with van der Waals surface area (Å²) in [6, 6.07) is 0.0204. The van der Waals surface area contributed by atoms with Gasteiger partial charge in [0.15, 0.2) is 5.13 Å². The highest BCUT2D eigenvalue weighted by Gasteiger charge is 2.45. The normalized spacial score (nSPS) is 30.8. The van der Waals surface area contributed by atoms with Crippen LogP contribution in [0.2, 0.25) is 0 Å². The lowest BCUT2D eigenvalue weighted by Gasteiger charge is -2.39. The maximum Gasteiger partial charge on any atom is 0.230 e. The average Bonchev–Trinajstić information content (AvgIpc) is 3.10. The molecule has 110 valence electrons. The lowest BCUT2D eigenvalue weighted by Crippen LogP contribution is -2.55. The number of anilines is 1. The molecular weight excluding hydrogens is 272 g/mol. The van der Waals surface area contributed by atoms with E-state index in [0.717, 1.165) is 50.6 Å². The van der Waals surface area contributed by atoms with Gasteiger partial charge >= 0.3 is 0 Å². The summed E-state index contributed by atoms with van der Waals surface area (Å²) >= 11 is 1.66. The van der Waals surface area contributed by atoms with Crippen molar-refractivity contribution in [3.63, 3.8) is 0 Å². The molecule has 3 rings (SSSR count). The molecule has 0 radical (unpaired) electrons. The first kappa shape index (κ1) is 13.8. The lowest BCUT2D eigenvalue weighted by molar-refractivity contribution is -0.142. The van der Waals surface area contributed by atoms with Gasteiger partial charge in [-0.25, -0.2) is 4.98 Å². The van der Waals surface area contributed by atoms with Crippen molar-refractivity contribution in [2.45, 2.75) is 32.2 Å². The van der Waals surface area contributed by atoms with E-state index in [9.17, 15) is 4.79 Å². The maximum absolute atomic E-state index is 12.7. The number of amides is 1. The van der Waals surface area contributed by atoms with Crippen LogP contribution in [0.25, 0.3) is 0 Å². The first-order valence-electron chi connectivity index (χ1n) is 7.31. The predicted molar refractivity (Wildman–Crippen MR) is 80.8 cm³/mol. The van der Waals surface area contributed by atoms with Gasteiger partial charge in [-0.3, -0.25) is 4.79 Å². The van der Waals surface area contributed by atoms with Crippen LogP contribution in [0, 0.1) is 5.41 Å².